The predicted molar refractivity (Wildman–Crippen MR) is 192 cm³/mol. The van der Waals surface area contributed by atoms with E-state index in [2.05, 4.69) is 10.6 Å². The van der Waals surface area contributed by atoms with Crippen molar-refractivity contribution in [3.05, 3.63) is 47.5 Å². The van der Waals surface area contributed by atoms with E-state index in [1.807, 2.05) is 0 Å². The molecule has 21 heteroatoms. The molecule has 4 fully saturated rings. The quantitative estimate of drug-likeness (QED) is 0.300. The van der Waals surface area contributed by atoms with Gasteiger partial charge in [0.1, 0.15) is 23.6 Å². The molecule has 53 heavy (non-hydrogen) atoms. The summed E-state index contributed by atoms with van der Waals surface area (Å²) >= 11 is 9.74. The van der Waals surface area contributed by atoms with Gasteiger partial charge in [0.05, 0.1) is 76.1 Å². The van der Waals surface area contributed by atoms with Crippen molar-refractivity contribution >= 4 is 81.3 Å². The van der Waals surface area contributed by atoms with Crippen LogP contribution in [-0.4, -0.2) is 130 Å². The van der Waals surface area contributed by atoms with Gasteiger partial charge >= 0.3 is 12.2 Å². The number of nitrogens with zero attached hydrogens (tertiary/aromatic N) is 6. The van der Waals surface area contributed by atoms with Gasteiger partial charge in [0.2, 0.25) is 11.8 Å². The van der Waals surface area contributed by atoms with Crippen LogP contribution in [0.4, 0.5) is 49.9 Å². The number of amides is 4. The number of likely N-dealkylation sites (N-methyl/N-ethyl adjacent to an activating group) is 2. The minimum atomic E-state index is -0.858. The van der Waals surface area contributed by atoms with Crippen LogP contribution in [0.1, 0.15) is 6.92 Å². The molecule has 2 N–H and O–H groups in total. The lowest BCUT2D eigenvalue weighted by Crippen LogP contribution is -2.34. The van der Waals surface area contributed by atoms with Crippen LogP contribution in [0.2, 0.25) is 0 Å². The average Bonchev–Trinajstić information content (AvgIpc) is 3.83. The zero-order valence-corrected chi connectivity index (χ0v) is 30.6. The summed E-state index contributed by atoms with van der Waals surface area (Å²) in [6.45, 7) is 2.46. The maximum absolute atomic E-state index is 14.6. The van der Waals surface area contributed by atoms with Crippen LogP contribution in [0.15, 0.2) is 24.3 Å². The zero-order valence-electron chi connectivity index (χ0n) is 29.0. The van der Waals surface area contributed by atoms with Gasteiger partial charge in [-0.05, 0) is 19.1 Å². The van der Waals surface area contributed by atoms with Crippen molar-refractivity contribution in [2.75, 3.05) is 93.4 Å². The molecule has 1 unspecified atom stereocenters. The van der Waals surface area contributed by atoms with Crippen LogP contribution in [0.25, 0.3) is 0 Å². The molecule has 0 spiro atoms. The SMILES string of the molecule is CC(=S)NC[C@@H]1CN(c2cc(F)c(N3CC(=O)N(C)C3)c(F)c2)C(=O)O1.COC(=S)NCC1CN(c2cc(F)c(N3CC(=O)N(C)C3)c(F)c2)C(=O)O1. The van der Waals surface area contributed by atoms with Crippen LogP contribution in [-0.2, 0) is 23.8 Å². The molecule has 4 amide bonds. The maximum atomic E-state index is 14.6. The van der Waals surface area contributed by atoms with E-state index in [0.29, 0.717) is 11.5 Å². The highest BCUT2D eigenvalue weighted by Crippen LogP contribution is 2.33. The minimum Gasteiger partial charge on any atom is -0.474 e. The van der Waals surface area contributed by atoms with E-state index in [0.717, 1.165) is 29.2 Å². The molecule has 286 valence electrons. The van der Waals surface area contributed by atoms with Crippen LogP contribution >= 0.6 is 24.4 Å². The number of hydrogen-bond acceptors (Lipinski definition) is 11. The summed E-state index contributed by atoms with van der Waals surface area (Å²) < 4.78 is 73.3. The van der Waals surface area contributed by atoms with Gasteiger partial charge in [0.15, 0.2) is 23.3 Å². The molecule has 4 heterocycles. The summed E-state index contributed by atoms with van der Waals surface area (Å²) in [4.78, 5) is 55.5. The second-order valence-corrected chi connectivity index (χ2v) is 13.4. The lowest BCUT2D eigenvalue weighted by Gasteiger charge is -2.21. The number of carbonyl (C=O) groups is 4. The Hall–Kier alpha value is -5.18. The lowest BCUT2D eigenvalue weighted by atomic mass is 10.2. The number of anilines is 4. The van der Waals surface area contributed by atoms with Gasteiger partial charge in [-0.25, -0.2) is 27.2 Å². The third-order valence-corrected chi connectivity index (χ3v) is 8.97. The van der Waals surface area contributed by atoms with Crippen molar-refractivity contribution in [1.82, 2.24) is 20.4 Å². The number of hydrogen-bond donors (Lipinski definition) is 2. The van der Waals surface area contributed by atoms with Crippen molar-refractivity contribution < 1.29 is 51.0 Å². The van der Waals surface area contributed by atoms with Crippen molar-refractivity contribution in [2.24, 2.45) is 0 Å². The van der Waals surface area contributed by atoms with E-state index in [1.165, 1.54) is 31.6 Å². The number of thiocarbonyl (C=S) groups is 2. The molecule has 4 saturated heterocycles. The number of carbonyl (C=O) groups excluding carboxylic acids is 4. The van der Waals surface area contributed by atoms with Gasteiger partial charge in [-0.3, -0.25) is 19.4 Å². The van der Waals surface area contributed by atoms with Gasteiger partial charge in [-0.1, -0.05) is 12.2 Å². The molecule has 15 nitrogen and oxygen atoms in total. The molecule has 6 rings (SSSR count). The lowest BCUT2D eigenvalue weighted by molar-refractivity contribution is -0.126. The molecule has 0 radical (unpaired) electrons. The second kappa shape index (κ2) is 16.2. The largest absolute Gasteiger partial charge is 0.474 e. The van der Waals surface area contributed by atoms with Crippen molar-refractivity contribution in [3.63, 3.8) is 0 Å². The fourth-order valence-electron chi connectivity index (χ4n) is 5.86. The average molecular weight is 785 g/mol. The fraction of sp³-hybridized carbons (Fsp3) is 0.438. The molecule has 2 atom stereocenters. The first-order valence-corrected chi connectivity index (χ1v) is 16.9. The zero-order chi connectivity index (χ0) is 38.7. The number of methoxy groups -OCH3 is 1. The van der Waals surface area contributed by atoms with E-state index in [4.69, 9.17) is 38.6 Å². The second-order valence-electron chi connectivity index (χ2n) is 12.4. The molecule has 2 aromatic carbocycles. The topological polar surface area (TPSA) is 139 Å². The smallest absolute Gasteiger partial charge is 0.414 e. The van der Waals surface area contributed by atoms with Crippen molar-refractivity contribution in [3.8, 4) is 0 Å². The third-order valence-electron chi connectivity index (χ3n) is 8.51. The number of rotatable bonds is 8. The first-order valence-electron chi connectivity index (χ1n) is 16.0. The van der Waals surface area contributed by atoms with Gasteiger partial charge in [-0.15, -0.1) is 0 Å². The summed E-state index contributed by atoms with van der Waals surface area (Å²) in [7, 11) is 4.51. The Bertz CT molecular complexity index is 1780. The molecule has 0 bridgehead atoms. The molecule has 4 aliphatic rings. The Morgan fingerprint density at radius 3 is 1.43 bits per heavy atom. The predicted octanol–water partition coefficient (Wildman–Crippen LogP) is 2.51. The Morgan fingerprint density at radius 2 is 1.11 bits per heavy atom. The Kier molecular flexibility index (Phi) is 12.0. The third kappa shape index (κ3) is 8.90. The molecule has 0 aliphatic carbocycles. The molecular formula is C32H36F4N8O7S2. The summed E-state index contributed by atoms with van der Waals surface area (Å²) in [6, 6.07) is 4.25. The minimum absolute atomic E-state index is 0.0365. The summed E-state index contributed by atoms with van der Waals surface area (Å²) in [6.07, 6.45) is -2.42. The summed E-state index contributed by atoms with van der Waals surface area (Å²) in [5, 5.41) is 5.80. The number of ether oxygens (including phenoxy) is 3. The molecular weight excluding hydrogens is 749 g/mol. The van der Waals surface area contributed by atoms with E-state index >= 15 is 0 Å². The van der Waals surface area contributed by atoms with Gasteiger partial charge in [-0.2, -0.15) is 0 Å². The van der Waals surface area contributed by atoms with E-state index in [-0.39, 0.29) is 85.8 Å². The number of benzene rings is 2. The normalized spacial score (nSPS) is 19.8. The van der Waals surface area contributed by atoms with Crippen molar-refractivity contribution in [2.45, 2.75) is 19.1 Å². The fourth-order valence-corrected chi connectivity index (χ4v) is 6.03. The Balaban J connectivity index is 0.000000204. The van der Waals surface area contributed by atoms with Crippen LogP contribution in [0, 0.1) is 23.3 Å². The Labute approximate surface area is 312 Å². The standard InChI is InChI=1S/C16H18F2N4O4S.C16H18F2N4O3S/c1-20-8-21(7-13(20)23)14-11(17)3-9(4-12(14)18)22-6-10(26-16(22)24)5-19-15(27)25-2;1-9(26)19-5-11-6-22(16(24)25-11)10-3-12(17)15(13(18)4-10)21-7-14(23)20(2)8-21/h3-4,10H,5-8H2,1-2H3,(H,19,27);3-4,11H,5-8H2,1-2H3,(H,19,26)/t;11-/m.1/s1. The molecule has 2 aromatic rings. The van der Waals surface area contributed by atoms with Crippen molar-refractivity contribution in [1.29, 1.82) is 0 Å². The first kappa shape index (κ1) is 39.0. The van der Waals surface area contributed by atoms with Crippen LogP contribution in [0.3, 0.4) is 0 Å². The highest BCUT2D eigenvalue weighted by atomic mass is 32.1. The van der Waals surface area contributed by atoms with Crippen LogP contribution < -0.4 is 30.2 Å². The van der Waals surface area contributed by atoms with E-state index in [9.17, 15) is 36.7 Å². The first-order chi connectivity index (χ1) is 25.1. The maximum Gasteiger partial charge on any atom is 0.414 e. The number of nitrogens with one attached hydrogen (secondary N) is 2. The Morgan fingerprint density at radius 1 is 0.736 bits per heavy atom. The van der Waals surface area contributed by atoms with E-state index in [1.54, 1.807) is 21.0 Å². The molecule has 0 aromatic heterocycles. The highest BCUT2D eigenvalue weighted by molar-refractivity contribution is 7.80. The number of halogens is 4. The highest BCUT2D eigenvalue weighted by Gasteiger charge is 2.36. The van der Waals surface area contributed by atoms with E-state index < -0.39 is 47.7 Å². The molecule has 0 saturated carbocycles. The van der Waals surface area contributed by atoms with Gasteiger partial charge in [0.25, 0.3) is 5.17 Å². The summed E-state index contributed by atoms with van der Waals surface area (Å²) in [5.74, 6) is -3.85. The van der Waals surface area contributed by atoms with Crippen LogP contribution in [0.5, 0.6) is 0 Å². The molecule has 4 aliphatic heterocycles. The van der Waals surface area contributed by atoms with Gasteiger partial charge in [0, 0.05) is 38.4 Å². The number of cyclic esters (lactones) is 2. The monoisotopic (exact) mass is 784 g/mol. The van der Waals surface area contributed by atoms with Gasteiger partial charge < -0.3 is 44.4 Å². The summed E-state index contributed by atoms with van der Waals surface area (Å²) in [5.41, 5.74) is -0.482.